The van der Waals surface area contributed by atoms with E-state index in [4.69, 9.17) is 4.42 Å². The minimum absolute atomic E-state index is 0.892. The molecule has 184 valence electrons. The van der Waals surface area contributed by atoms with Crippen LogP contribution in [0.25, 0.3) is 53.2 Å². The van der Waals surface area contributed by atoms with E-state index >= 15 is 0 Å². The van der Waals surface area contributed by atoms with Gasteiger partial charge < -0.3 is 9.32 Å². The lowest BCUT2D eigenvalue weighted by Gasteiger charge is -2.26. The van der Waals surface area contributed by atoms with E-state index in [1.807, 2.05) is 23.5 Å². The van der Waals surface area contributed by atoms with Crippen molar-refractivity contribution in [2.75, 3.05) is 4.90 Å². The average Bonchev–Trinajstić information content (AvgIpc) is 3.57. The van der Waals surface area contributed by atoms with Gasteiger partial charge in [0.1, 0.15) is 11.2 Å². The van der Waals surface area contributed by atoms with Crippen LogP contribution in [0, 0.1) is 0 Å². The average molecular weight is 518 g/mol. The van der Waals surface area contributed by atoms with Gasteiger partial charge in [-0.2, -0.15) is 0 Å². The highest BCUT2D eigenvalue weighted by atomic mass is 32.1. The van der Waals surface area contributed by atoms with Crippen LogP contribution in [0.3, 0.4) is 0 Å². The lowest BCUT2D eigenvalue weighted by molar-refractivity contribution is 0.669. The van der Waals surface area contributed by atoms with Gasteiger partial charge in [-0.1, -0.05) is 91.0 Å². The maximum atomic E-state index is 6.30. The van der Waals surface area contributed by atoms with Gasteiger partial charge in [0.25, 0.3) is 0 Å². The van der Waals surface area contributed by atoms with Crippen LogP contribution in [0.2, 0.25) is 0 Å². The first-order chi connectivity index (χ1) is 19.3. The van der Waals surface area contributed by atoms with Crippen LogP contribution < -0.4 is 4.90 Å². The molecule has 0 unspecified atom stereocenters. The first-order valence-electron chi connectivity index (χ1n) is 13.1. The second-order valence-corrected chi connectivity index (χ2v) is 10.8. The summed E-state index contributed by atoms with van der Waals surface area (Å²) < 4.78 is 8.86. The molecule has 0 aliphatic heterocycles. The van der Waals surface area contributed by atoms with Crippen LogP contribution in [0.4, 0.5) is 17.1 Å². The molecule has 2 aromatic heterocycles. The summed E-state index contributed by atoms with van der Waals surface area (Å²) in [5.41, 5.74) is 7.63. The quantitative estimate of drug-likeness (QED) is 0.231. The van der Waals surface area contributed by atoms with Crippen molar-refractivity contribution >= 4 is 70.5 Å². The SMILES string of the molecule is c1ccc(-c2ccc(N(c3ccccc3)c3ccc4c(c3)oc3ccccc34)c3sc4ccccc4c23)cc1. The molecule has 6 aromatic carbocycles. The number of hydrogen-bond acceptors (Lipinski definition) is 3. The third-order valence-electron chi connectivity index (χ3n) is 7.47. The summed E-state index contributed by atoms with van der Waals surface area (Å²) in [4.78, 5) is 2.36. The molecule has 0 bridgehead atoms. The molecule has 0 atom stereocenters. The second kappa shape index (κ2) is 8.87. The van der Waals surface area contributed by atoms with Gasteiger partial charge in [0.05, 0.1) is 10.4 Å². The Kier molecular flexibility index (Phi) is 5.04. The topological polar surface area (TPSA) is 16.4 Å². The second-order valence-electron chi connectivity index (χ2n) is 9.75. The number of hydrogen-bond donors (Lipinski definition) is 0. The summed E-state index contributed by atoms with van der Waals surface area (Å²) in [6.07, 6.45) is 0. The Morgan fingerprint density at radius 2 is 1.21 bits per heavy atom. The van der Waals surface area contributed by atoms with Crippen molar-refractivity contribution in [3.8, 4) is 11.1 Å². The summed E-state index contributed by atoms with van der Waals surface area (Å²) in [6.45, 7) is 0. The minimum Gasteiger partial charge on any atom is -0.456 e. The van der Waals surface area contributed by atoms with E-state index in [2.05, 4.69) is 132 Å². The molecule has 3 heteroatoms. The molecule has 8 rings (SSSR count). The third kappa shape index (κ3) is 3.55. The molecule has 0 aliphatic rings. The fourth-order valence-corrected chi connectivity index (χ4v) is 6.94. The largest absolute Gasteiger partial charge is 0.456 e. The Bertz CT molecular complexity index is 2120. The molecule has 0 fully saturated rings. The summed E-state index contributed by atoms with van der Waals surface area (Å²) >= 11 is 1.86. The predicted octanol–water partition coefficient (Wildman–Crippen LogP) is 11.1. The zero-order valence-electron chi connectivity index (χ0n) is 21.0. The highest BCUT2D eigenvalue weighted by Gasteiger charge is 2.21. The number of thiophene rings is 1. The monoisotopic (exact) mass is 517 g/mol. The van der Waals surface area contributed by atoms with E-state index in [0.29, 0.717) is 0 Å². The fourth-order valence-electron chi connectivity index (χ4n) is 5.71. The van der Waals surface area contributed by atoms with Crippen LogP contribution in [0.1, 0.15) is 0 Å². The van der Waals surface area contributed by atoms with Gasteiger partial charge >= 0.3 is 0 Å². The first-order valence-corrected chi connectivity index (χ1v) is 13.9. The lowest BCUT2D eigenvalue weighted by Crippen LogP contribution is -2.10. The minimum atomic E-state index is 0.892. The number of fused-ring (bicyclic) bond motifs is 6. The number of rotatable bonds is 4. The fraction of sp³-hybridized carbons (Fsp3) is 0. The summed E-state index contributed by atoms with van der Waals surface area (Å²) in [7, 11) is 0. The first kappa shape index (κ1) is 22.2. The number of benzene rings is 6. The lowest BCUT2D eigenvalue weighted by atomic mass is 9.98. The zero-order valence-corrected chi connectivity index (χ0v) is 21.9. The molecule has 0 N–H and O–H groups in total. The van der Waals surface area contributed by atoms with Crippen LogP contribution in [-0.4, -0.2) is 0 Å². The van der Waals surface area contributed by atoms with Gasteiger partial charge in [-0.05, 0) is 53.6 Å². The van der Waals surface area contributed by atoms with Crippen LogP contribution in [0.15, 0.2) is 144 Å². The van der Waals surface area contributed by atoms with Gasteiger partial charge in [0.2, 0.25) is 0 Å². The molecule has 2 heterocycles. The van der Waals surface area contributed by atoms with E-state index in [1.165, 1.54) is 31.3 Å². The maximum Gasteiger partial charge on any atom is 0.137 e. The summed E-state index contributed by atoms with van der Waals surface area (Å²) in [5.74, 6) is 0. The number of anilines is 3. The Morgan fingerprint density at radius 1 is 0.513 bits per heavy atom. The molecule has 0 aliphatic carbocycles. The van der Waals surface area contributed by atoms with E-state index < -0.39 is 0 Å². The van der Waals surface area contributed by atoms with Crippen molar-refractivity contribution in [2.24, 2.45) is 0 Å². The Balaban J connectivity index is 1.42. The number of nitrogens with zero attached hydrogens (tertiary/aromatic N) is 1. The smallest absolute Gasteiger partial charge is 0.137 e. The number of para-hydroxylation sites is 2. The predicted molar refractivity (Wildman–Crippen MR) is 167 cm³/mol. The normalized spacial score (nSPS) is 11.6. The van der Waals surface area contributed by atoms with Gasteiger partial charge in [0.15, 0.2) is 0 Å². The van der Waals surface area contributed by atoms with Crippen LogP contribution in [-0.2, 0) is 0 Å². The van der Waals surface area contributed by atoms with Gasteiger partial charge in [-0.3, -0.25) is 0 Å². The molecule has 0 amide bonds. The van der Waals surface area contributed by atoms with Gasteiger partial charge in [0, 0.05) is 43.7 Å². The molecule has 39 heavy (non-hydrogen) atoms. The van der Waals surface area contributed by atoms with Gasteiger partial charge in [-0.25, -0.2) is 0 Å². The summed E-state index contributed by atoms with van der Waals surface area (Å²) in [6, 6.07) is 49.4. The van der Waals surface area contributed by atoms with Crippen molar-refractivity contribution < 1.29 is 4.42 Å². The Hall–Kier alpha value is -4.86. The highest BCUT2D eigenvalue weighted by Crippen LogP contribution is 2.48. The standard InChI is InChI=1S/C36H23NOS/c1-3-11-24(12-4-1)27-21-22-31(36-35(27)30-16-8-10-18-34(30)39-36)37(25-13-5-2-6-14-25)26-19-20-29-28-15-7-9-17-32(28)38-33(29)23-26/h1-23H. The molecular formula is C36H23NOS. The van der Waals surface area contributed by atoms with Crippen molar-refractivity contribution in [1.82, 2.24) is 0 Å². The van der Waals surface area contributed by atoms with E-state index in [9.17, 15) is 0 Å². The molecule has 0 saturated heterocycles. The Labute approximate surface area is 230 Å². The molecule has 0 saturated carbocycles. The molecule has 8 aromatic rings. The number of furan rings is 1. The summed E-state index contributed by atoms with van der Waals surface area (Å²) in [5, 5.41) is 4.86. The van der Waals surface area contributed by atoms with Crippen molar-refractivity contribution in [3.05, 3.63) is 140 Å². The van der Waals surface area contributed by atoms with E-state index in [-0.39, 0.29) is 0 Å². The van der Waals surface area contributed by atoms with Gasteiger partial charge in [-0.15, -0.1) is 11.3 Å². The van der Waals surface area contributed by atoms with Crippen molar-refractivity contribution in [3.63, 3.8) is 0 Å². The molecule has 0 radical (unpaired) electrons. The maximum absolute atomic E-state index is 6.30. The van der Waals surface area contributed by atoms with Crippen molar-refractivity contribution in [1.29, 1.82) is 0 Å². The molecule has 2 nitrogen and oxygen atoms in total. The Morgan fingerprint density at radius 3 is 2.05 bits per heavy atom. The van der Waals surface area contributed by atoms with Crippen molar-refractivity contribution in [2.45, 2.75) is 0 Å². The van der Waals surface area contributed by atoms with Crippen LogP contribution >= 0.6 is 11.3 Å². The molecule has 0 spiro atoms. The van der Waals surface area contributed by atoms with E-state index in [1.54, 1.807) is 0 Å². The van der Waals surface area contributed by atoms with Crippen LogP contribution in [0.5, 0.6) is 0 Å². The molecular weight excluding hydrogens is 494 g/mol. The highest BCUT2D eigenvalue weighted by molar-refractivity contribution is 7.26. The zero-order chi connectivity index (χ0) is 25.8. The van der Waals surface area contributed by atoms with E-state index in [0.717, 1.165) is 39.0 Å². The third-order valence-corrected chi connectivity index (χ3v) is 8.66.